The molecule has 0 aliphatic heterocycles. The fraction of sp³-hybridized carbons (Fsp3) is 0.182. The Labute approximate surface area is 91.0 Å². The molecule has 0 aliphatic rings. The molecule has 0 atom stereocenters. The number of ketones is 1. The average Bonchev–Trinajstić information content (AvgIpc) is 2.70. The highest BCUT2D eigenvalue weighted by Crippen LogP contribution is 2.20. The minimum Gasteiger partial charge on any atom is -0.462 e. The Bertz CT molecular complexity index is 570. The second kappa shape index (κ2) is 3.77. The van der Waals surface area contributed by atoms with Gasteiger partial charge in [0.25, 0.3) is 0 Å². The summed E-state index contributed by atoms with van der Waals surface area (Å²) < 4.78 is 9.69. The third-order valence-electron chi connectivity index (χ3n) is 2.15. The van der Waals surface area contributed by atoms with Crippen molar-refractivity contribution in [3.8, 4) is 0 Å². The van der Waals surface area contributed by atoms with E-state index in [2.05, 4.69) is 9.72 Å². The van der Waals surface area contributed by atoms with Gasteiger partial charge in [0, 0.05) is 0 Å². The molecule has 5 nitrogen and oxygen atoms in total. The van der Waals surface area contributed by atoms with Crippen LogP contribution in [0.3, 0.4) is 0 Å². The highest BCUT2D eigenvalue weighted by molar-refractivity contribution is 6.04. The Kier molecular flexibility index (Phi) is 2.44. The molecule has 0 spiro atoms. The number of esters is 1. The first-order valence-corrected chi connectivity index (χ1v) is 4.62. The zero-order valence-corrected chi connectivity index (χ0v) is 8.81. The molecule has 16 heavy (non-hydrogen) atoms. The van der Waals surface area contributed by atoms with Gasteiger partial charge in [0.1, 0.15) is 5.52 Å². The van der Waals surface area contributed by atoms with Crippen LogP contribution in [0.4, 0.5) is 0 Å². The van der Waals surface area contributed by atoms with Crippen LogP contribution in [0.15, 0.2) is 22.6 Å². The maximum absolute atomic E-state index is 11.3. The number of fused-ring (bicyclic) bond motifs is 1. The third kappa shape index (κ3) is 1.56. The third-order valence-corrected chi connectivity index (χ3v) is 2.15. The van der Waals surface area contributed by atoms with E-state index in [0.29, 0.717) is 16.7 Å². The van der Waals surface area contributed by atoms with Gasteiger partial charge in [-0.15, -0.1) is 0 Å². The van der Waals surface area contributed by atoms with Gasteiger partial charge in [-0.3, -0.25) is 4.79 Å². The SMILES string of the molecule is COC(=O)c1nc2cccc(C(C)=O)c2o1. The zero-order valence-electron chi connectivity index (χ0n) is 8.81. The van der Waals surface area contributed by atoms with Crippen molar-refractivity contribution in [2.45, 2.75) is 6.92 Å². The van der Waals surface area contributed by atoms with Crippen molar-refractivity contribution in [1.29, 1.82) is 0 Å². The first-order valence-electron chi connectivity index (χ1n) is 4.62. The number of methoxy groups -OCH3 is 1. The number of benzene rings is 1. The average molecular weight is 219 g/mol. The van der Waals surface area contributed by atoms with E-state index in [4.69, 9.17) is 4.42 Å². The van der Waals surface area contributed by atoms with Gasteiger partial charge in [-0.2, -0.15) is 0 Å². The van der Waals surface area contributed by atoms with Gasteiger partial charge in [0.2, 0.25) is 0 Å². The van der Waals surface area contributed by atoms with E-state index in [1.807, 2.05) is 0 Å². The van der Waals surface area contributed by atoms with Crippen LogP contribution in [0.1, 0.15) is 28.0 Å². The van der Waals surface area contributed by atoms with Crippen LogP contribution in [0.2, 0.25) is 0 Å². The number of aromatic nitrogens is 1. The van der Waals surface area contributed by atoms with Crippen LogP contribution in [0, 0.1) is 0 Å². The normalized spacial score (nSPS) is 10.4. The van der Waals surface area contributed by atoms with E-state index >= 15 is 0 Å². The number of oxazole rings is 1. The molecule has 0 saturated heterocycles. The number of rotatable bonds is 2. The van der Waals surface area contributed by atoms with E-state index in [1.54, 1.807) is 18.2 Å². The van der Waals surface area contributed by atoms with Crippen LogP contribution in [-0.4, -0.2) is 23.8 Å². The number of hydrogen-bond donors (Lipinski definition) is 0. The van der Waals surface area contributed by atoms with Crippen LogP contribution >= 0.6 is 0 Å². The number of carbonyl (C=O) groups is 2. The lowest BCUT2D eigenvalue weighted by Gasteiger charge is -1.94. The standard InChI is InChI=1S/C11H9NO4/c1-6(13)7-4-3-5-8-9(7)16-10(12-8)11(14)15-2/h3-5H,1-2H3. The van der Waals surface area contributed by atoms with E-state index in [0.717, 1.165) is 0 Å². The minimum atomic E-state index is -0.661. The summed E-state index contributed by atoms with van der Waals surface area (Å²) in [7, 11) is 1.24. The van der Waals surface area contributed by atoms with Crippen LogP contribution in [0.5, 0.6) is 0 Å². The Morgan fingerprint density at radius 2 is 2.12 bits per heavy atom. The summed E-state index contributed by atoms with van der Waals surface area (Å²) in [6.45, 7) is 1.43. The molecule has 2 aromatic rings. The molecule has 1 heterocycles. The summed E-state index contributed by atoms with van der Waals surface area (Å²) >= 11 is 0. The summed E-state index contributed by atoms with van der Waals surface area (Å²) in [6.07, 6.45) is 0. The Hall–Kier alpha value is -2.17. The molecular formula is C11H9NO4. The molecule has 0 N–H and O–H groups in total. The summed E-state index contributed by atoms with van der Waals surface area (Å²) in [5.41, 5.74) is 1.18. The molecule has 1 aromatic carbocycles. The van der Waals surface area contributed by atoms with Crippen molar-refractivity contribution in [3.05, 3.63) is 29.7 Å². The molecule has 82 valence electrons. The highest BCUT2D eigenvalue weighted by atomic mass is 16.5. The molecule has 1 aromatic heterocycles. The smallest absolute Gasteiger partial charge is 0.394 e. The predicted molar refractivity (Wildman–Crippen MR) is 55.4 cm³/mol. The molecule has 0 radical (unpaired) electrons. The van der Waals surface area contributed by atoms with Crippen LogP contribution in [0.25, 0.3) is 11.1 Å². The Balaban J connectivity index is 2.65. The van der Waals surface area contributed by atoms with Gasteiger partial charge in [0.05, 0.1) is 12.7 Å². The number of ether oxygens (including phenoxy) is 1. The fourth-order valence-corrected chi connectivity index (χ4v) is 1.40. The first-order chi connectivity index (χ1) is 7.63. The second-order valence-electron chi connectivity index (χ2n) is 3.22. The lowest BCUT2D eigenvalue weighted by Crippen LogP contribution is -2.00. The predicted octanol–water partition coefficient (Wildman–Crippen LogP) is 1.82. The number of Topliss-reactive ketones (excluding diaryl/α,β-unsaturated/α-hetero) is 1. The molecule has 0 fully saturated rings. The maximum atomic E-state index is 11.3. The Morgan fingerprint density at radius 3 is 2.75 bits per heavy atom. The van der Waals surface area contributed by atoms with Crippen molar-refractivity contribution in [2.75, 3.05) is 7.11 Å². The number of para-hydroxylation sites is 1. The number of hydrogen-bond acceptors (Lipinski definition) is 5. The number of carbonyl (C=O) groups excluding carboxylic acids is 2. The molecule has 2 rings (SSSR count). The lowest BCUT2D eigenvalue weighted by molar-refractivity contribution is 0.0558. The molecular weight excluding hydrogens is 210 g/mol. The van der Waals surface area contributed by atoms with Crippen LogP contribution < -0.4 is 0 Å². The van der Waals surface area contributed by atoms with Gasteiger partial charge < -0.3 is 9.15 Å². The van der Waals surface area contributed by atoms with E-state index in [-0.39, 0.29) is 11.7 Å². The molecule has 0 aliphatic carbocycles. The second-order valence-corrected chi connectivity index (χ2v) is 3.22. The van der Waals surface area contributed by atoms with Gasteiger partial charge in [0.15, 0.2) is 11.4 Å². The first kappa shape index (κ1) is 10.4. The fourth-order valence-electron chi connectivity index (χ4n) is 1.40. The van der Waals surface area contributed by atoms with Gasteiger partial charge in [-0.25, -0.2) is 9.78 Å². The van der Waals surface area contributed by atoms with Crippen molar-refractivity contribution in [1.82, 2.24) is 4.98 Å². The summed E-state index contributed by atoms with van der Waals surface area (Å²) in [5.74, 6) is -0.949. The molecule has 5 heteroatoms. The molecule has 0 unspecified atom stereocenters. The topological polar surface area (TPSA) is 69.4 Å². The summed E-state index contributed by atoms with van der Waals surface area (Å²) in [5, 5.41) is 0. The summed E-state index contributed by atoms with van der Waals surface area (Å²) in [6, 6.07) is 4.97. The summed E-state index contributed by atoms with van der Waals surface area (Å²) in [4.78, 5) is 26.4. The van der Waals surface area contributed by atoms with Gasteiger partial charge in [-0.05, 0) is 19.1 Å². The van der Waals surface area contributed by atoms with Gasteiger partial charge >= 0.3 is 11.9 Å². The number of nitrogens with zero attached hydrogens (tertiary/aromatic N) is 1. The minimum absolute atomic E-state index is 0.141. The van der Waals surface area contributed by atoms with Crippen molar-refractivity contribution < 1.29 is 18.7 Å². The van der Waals surface area contributed by atoms with Crippen molar-refractivity contribution >= 4 is 22.9 Å². The van der Waals surface area contributed by atoms with Crippen molar-refractivity contribution in [2.24, 2.45) is 0 Å². The largest absolute Gasteiger partial charge is 0.462 e. The molecule has 0 bridgehead atoms. The highest BCUT2D eigenvalue weighted by Gasteiger charge is 2.17. The van der Waals surface area contributed by atoms with Crippen LogP contribution in [-0.2, 0) is 4.74 Å². The van der Waals surface area contributed by atoms with Crippen molar-refractivity contribution in [3.63, 3.8) is 0 Å². The molecule has 0 amide bonds. The maximum Gasteiger partial charge on any atom is 0.394 e. The Morgan fingerprint density at radius 1 is 1.38 bits per heavy atom. The lowest BCUT2D eigenvalue weighted by atomic mass is 10.1. The van der Waals surface area contributed by atoms with E-state index < -0.39 is 5.97 Å². The van der Waals surface area contributed by atoms with E-state index in [9.17, 15) is 9.59 Å². The monoisotopic (exact) mass is 219 g/mol. The van der Waals surface area contributed by atoms with E-state index in [1.165, 1.54) is 14.0 Å². The zero-order chi connectivity index (χ0) is 11.7. The quantitative estimate of drug-likeness (QED) is 0.569. The van der Waals surface area contributed by atoms with Gasteiger partial charge in [-0.1, -0.05) is 6.07 Å². The molecule has 0 saturated carbocycles.